The molecule has 0 fully saturated rings. The summed E-state index contributed by atoms with van der Waals surface area (Å²) in [6.45, 7) is 5.41. The van der Waals surface area contributed by atoms with E-state index in [0.717, 1.165) is 6.07 Å². The molecule has 0 bridgehead atoms. The average Bonchev–Trinajstić information content (AvgIpc) is 3.00. The number of pyridine rings is 1. The van der Waals surface area contributed by atoms with Gasteiger partial charge in [0, 0.05) is 10.5 Å². The van der Waals surface area contributed by atoms with Crippen LogP contribution in [0.2, 0.25) is 0 Å². The first kappa shape index (κ1) is 22.2. The Morgan fingerprint density at radius 1 is 1.21 bits per heavy atom. The minimum Gasteiger partial charge on any atom is -0.444 e. The number of halogens is 3. The van der Waals surface area contributed by atoms with Crippen LogP contribution in [0.4, 0.5) is 8.78 Å². The number of nitrogens with zero attached hydrogens (tertiary/aromatic N) is 3. The molecule has 2 aromatic heterocycles. The molecule has 0 aliphatic heterocycles. The zero-order valence-electron chi connectivity index (χ0n) is 16.2. The Kier molecular flexibility index (Phi) is 6.64. The number of oxazole rings is 1. The van der Waals surface area contributed by atoms with Gasteiger partial charge in [-0.3, -0.25) is 0 Å². The fourth-order valence-electron chi connectivity index (χ4n) is 2.57. The van der Waals surface area contributed by atoms with Crippen LogP contribution >= 0.6 is 27.7 Å². The molecule has 0 radical (unpaired) electrons. The first-order chi connectivity index (χ1) is 13.6. The number of hydrogen-bond acceptors (Lipinski definition) is 7. The van der Waals surface area contributed by atoms with Crippen LogP contribution in [0.5, 0.6) is 0 Å². The molecule has 1 aromatic carbocycles. The SMILES string of the molecule is CSc1nc2cc(Br)c(C(Cc3cc(F)cc(F)c3)N=[S-](=O)C(C)(C)C)nc2o1. The van der Waals surface area contributed by atoms with Gasteiger partial charge in [-0.2, -0.15) is 10.6 Å². The van der Waals surface area contributed by atoms with Crippen molar-refractivity contribution in [1.82, 2.24) is 9.97 Å². The van der Waals surface area contributed by atoms with Crippen molar-refractivity contribution in [2.24, 2.45) is 4.36 Å². The molecule has 0 amide bonds. The van der Waals surface area contributed by atoms with Gasteiger partial charge in [0.2, 0.25) is 5.71 Å². The van der Waals surface area contributed by atoms with Gasteiger partial charge in [0.1, 0.15) is 17.2 Å². The highest BCUT2D eigenvalue weighted by Gasteiger charge is 2.19. The molecule has 5 nitrogen and oxygen atoms in total. The molecule has 0 saturated carbocycles. The number of rotatable bonds is 5. The van der Waals surface area contributed by atoms with E-state index in [4.69, 9.17) is 4.42 Å². The van der Waals surface area contributed by atoms with E-state index in [1.165, 1.54) is 23.9 Å². The average molecular weight is 503 g/mol. The largest absolute Gasteiger partial charge is 0.444 e. The van der Waals surface area contributed by atoms with Gasteiger partial charge in [-0.15, -0.1) is 0 Å². The Morgan fingerprint density at radius 2 is 1.86 bits per heavy atom. The van der Waals surface area contributed by atoms with Crippen LogP contribution in [-0.4, -0.2) is 21.0 Å². The summed E-state index contributed by atoms with van der Waals surface area (Å²) in [4.78, 5) is 8.83. The molecule has 0 spiro atoms. The van der Waals surface area contributed by atoms with Crippen LogP contribution in [0.1, 0.15) is 38.1 Å². The third-order valence-electron chi connectivity index (χ3n) is 3.93. The van der Waals surface area contributed by atoms with Gasteiger partial charge in [-0.05, 0) is 52.4 Å². The van der Waals surface area contributed by atoms with E-state index in [-0.39, 0.29) is 6.42 Å². The first-order valence-corrected chi connectivity index (χ1v) is 11.8. The molecule has 29 heavy (non-hydrogen) atoms. The van der Waals surface area contributed by atoms with Crippen molar-refractivity contribution >= 4 is 49.5 Å². The molecule has 156 valence electrons. The van der Waals surface area contributed by atoms with Crippen molar-refractivity contribution in [3.8, 4) is 0 Å². The molecule has 2 heterocycles. The third kappa shape index (κ3) is 5.35. The lowest BCUT2D eigenvalue weighted by atomic mass is 10.0. The molecular formula is C19H19BrF2N3O2S2-. The normalized spacial score (nSPS) is 14.4. The number of benzene rings is 1. The summed E-state index contributed by atoms with van der Waals surface area (Å²) in [5.41, 5.74) is 1.74. The molecule has 0 saturated heterocycles. The van der Waals surface area contributed by atoms with Gasteiger partial charge in [0.25, 0.3) is 5.22 Å². The molecule has 3 rings (SSSR count). The van der Waals surface area contributed by atoms with Crippen molar-refractivity contribution in [1.29, 1.82) is 0 Å². The summed E-state index contributed by atoms with van der Waals surface area (Å²) in [5.74, 6) is -1.36. The van der Waals surface area contributed by atoms with E-state index in [1.54, 1.807) is 26.8 Å². The van der Waals surface area contributed by atoms with Crippen molar-refractivity contribution in [2.75, 3.05) is 6.26 Å². The number of hydrogen-bond donors (Lipinski definition) is 0. The van der Waals surface area contributed by atoms with E-state index in [1.807, 2.05) is 6.26 Å². The fourth-order valence-corrected chi connectivity index (χ4v) is 4.21. The molecule has 1 unspecified atom stereocenters. The Labute approximate surface area is 182 Å². The third-order valence-corrected chi connectivity index (χ3v) is 6.59. The Balaban J connectivity index is 2.12. The molecular weight excluding hydrogens is 484 g/mol. The van der Waals surface area contributed by atoms with Crippen LogP contribution < -0.4 is 0 Å². The Morgan fingerprint density at radius 3 is 2.45 bits per heavy atom. The fraction of sp³-hybridized carbons (Fsp3) is 0.368. The minimum absolute atomic E-state index is 0.122. The van der Waals surface area contributed by atoms with Gasteiger partial charge in [-0.1, -0.05) is 37.3 Å². The second-order valence-corrected chi connectivity index (χ2v) is 10.9. The summed E-state index contributed by atoms with van der Waals surface area (Å²) in [7, 11) is -1.56. The zero-order valence-corrected chi connectivity index (χ0v) is 19.4. The van der Waals surface area contributed by atoms with Crippen LogP contribution in [0.25, 0.3) is 11.2 Å². The van der Waals surface area contributed by atoms with E-state index >= 15 is 0 Å². The maximum Gasteiger partial charge on any atom is 0.258 e. The zero-order chi connectivity index (χ0) is 21.3. The molecule has 3 aromatic rings. The second-order valence-electron chi connectivity index (χ2n) is 7.33. The smallest absolute Gasteiger partial charge is 0.258 e. The first-order valence-electron chi connectivity index (χ1n) is 8.65. The molecule has 0 aliphatic carbocycles. The van der Waals surface area contributed by atoms with Crippen molar-refractivity contribution < 1.29 is 17.4 Å². The van der Waals surface area contributed by atoms with Crippen molar-refractivity contribution in [3.63, 3.8) is 0 Å². The van der Waals surface area contributed by atoms with Gasteiger partial charge in [-0.25, -0.2) is 18.7 Å². The Hall–Kier alpha value is -1.52. The molecule has 0 N–H and O–H groups in total. The lowest BCUT2D eigenvalue weighted by molar-refractivity contribution is 0.480. The van der Waals surface area contributed by atoms with Crippen molar-refractivity contribution in [2.45, 2.75) is 43.2 Å². The van der Waals surface area contributed by atoms with Gasteiger partial charge in [0.05, 0.1) is 11.7 Å². The molecule has 1 atom stereocenters. The van der Waals surface area contributed by atoms with Gasteiger partial charge < -0.3 is 13.0 Å². The quantitative estimate of drug-likeness (QED) is 0.306. The van der Waals surface area contributed by atoms with E-state index in [9.17, 15) is 13.0 Å². The predicted molar refractivity (Wildman–Crippen MR) is 114 cm³/mol. The van der Waals surface area contributed by atoms with Crippen LogP contribution in [0, 0.1) is 11.6 Å². The monoisotopic (exact) mass is 502 g/mol. The minimum atomic E-state index is -1.56. The highest BCUT2D eigenvalue weighted by molar-refractivity contribution is 9.10. The summed E-state index contributed by atoms with van der Waals surface area (Å²) < 4.78 is 50.1. The van der Waals surface area contributed by atoms with E-state index in [2.05, 4.69) is 30.3 Å². The van der Waals surface area contributed by atoms with Crippen LogP contribution in [-0.2, 0) is 21.2 Å². The number of fused-ring (bicyclic) bond motifs is 1. The van der Waals surface area contributed by atoms with Crippen LogP contribution in [0.15, 0.2) is 42.7 Å². The van der Waals surface area contributed by atoms with E-state index < -0.39 is 33.0 Å². The standard InChI is InChI=1S/C19H19BrF2N3O2S2/c1-19(2,3)29(26)25-14(7-10-5-11(21)8-12(22)6-10)16-13(20)9-15-17(24-16)27-18(23-15)28-4/h5-6,8-9,14H,7H2,1-4H3/q-1. The maximum atomic E-state index is 13.7. The summed E-state index contributed by atoms with van der Waals surface area (Å²) in [6.07, 6.45) is 1.96. The Bertz CT molecular complexity index is 1120. The number of thioether (sulfide) groups is 1. The number of aromatic nitrogens is 2. The van der Waals surface area contributed by atoms with Gasteiger partial charge in [0.15, 0.2) is 0 Å². The highest BCUT2D eigenvalue weighted by atomic mass is 79.9. The summed E-state index contributed by atoms with van der Waals surface area (Å²) in [5, 5.41) is 0.468. The maximum absolute atomic E-state index is 13.7. The topological polar surface area (TPSA) is 68.3 Å². The van der Waals surface area contributed by atoms with E-state index in [0.29, 0.717) is 32.2 Å². The van der Waals surface area contributed by atoms with Crippen LogP contribution in [0.3, 0.4) is 0 Å². The molecule has 0 aliphatic rings. The highest BCUT2D eigenvalue weighted by Crippen LogP contribution is 2.32. The molecule has 10 heteroatoms. The summed E-state index contributed by atoms with van der Waals surface area (Å²) in [6, 6.07) is 4.31. The summed E-state index contributed by atoms with van der Waals surface area (Å²) >= 11 is 4.82. The second kappa shape index (κ2) is 8.69. The lowest BCUT2D eigenvalue weighted by Crippen LogP contribution is -2.16. The van der Waals surface area contributed by atoms with Gasteiger partial charge >= 0.3 is 0 Å². The van der Waals surface area contributed by atoms with Crippen molar-refractivity contribution in [3.05, 3.63) is 51.6 Å². The lowest BCUT2D eigenvalue weighted by Gasteiger charge is -2.26. The predicted octanol–water partition coefficient (Wildman–Crippen LogP) is 6.22.